The molecule has 5 heteroatoms. The van der Waals surface area contributed by atoms with Gasteiger partial charge in [-0.3, -0.25) is 9.59 Å². The molecule has 0 bridgehead atoms. The second kappa shape index (κ2) is 11.5. The summed E-state index contributed by atoms with van der Waals surface area (Å²) in [7, 11) is 0. The first kappa shape index (κ1) is 23.6. The van der Waals surface area contributed by atoms with Crippen molar-refractivity contribution < 1.29 is 9.59 Å². The Balaban J connectivity index is 1.94. The molecule has 1 N–H and O–H groups in total. The zero-order chi connectivity index (χ0) is 22.9. The molecule has 0 radical (unpaired) electrons. The zero-order valence-corrected chi connectivity index (χ0v) is 19.3. The van der Waals surface area contributed by atoms with E-state index >= 15 is 0 Å². The molecule has 166 valence electrons. The number of benzene rings is 3. The van der Waals surface area contributed by atoms with Crippen LogP contribution in [0.25, 0.3) is 0 Å². The fourth-order valence-electron chi connectivity index (χ4n) is 3.66. The lowest BCUT2D eigenvalue weighted by Crippen LogP contribution is -2.50. The maximum atomic E-state index is 13.5. The van der Waals surface area contributed by atoms with Crippen LogP contribution in [0.1, 0.15) is 29.2 Å². The molecular weight excluding hydrogens is 420 g/mol. The third kappa shape index (κ3) is 6.69. The van der Waals surface area contributed by atoms with Gasteiger partial charge in [-0.2, -0.15) is 0 Å². The predicted molar refractivity (Wildman–Crippen MR) is 130 cm³/mol. The van der Waals surface area contributed by atoms with Gasteiger partial charge in [-0.15, -0.1) is 0 Å². The van der Waals surface area contributed by atoms with E-state index in [1.807, 2.05) is 86.6 Å². The van der Waals surface area contributed by atoms with Crippen LogP contribution in [0.15, 0.2) is 78.9 Å². The van der Waals surface area contributed by atoms with Gasteiger partial charge in [0, 0.05) is 24.5 Å². The highest BCUT2D eigenvalue weighted by Gasteiger charge is 2.30. The van der Waals surface area contributed by atoms with E-state index in [0.717, 1.165) is 22.3 Å². The van der Waals surface area contributed by atoms with Gasteiger partial charge in [0.05, 0.1) is 6.42 Å². The monoisotopic (exact) mass is 448 g/mol. The van der Waals surface area contributed by atoms with Crippen LogP contribution in [0.4, 0.5) is 0 Å². The minimum atomic E-state index is -0.630. The SMILES string of the molecule is CCNC(=O)[C@H](Cc1ccccc1)N(Cc1cccc(Cl)c1)C(=O)Cc1ccc(C)cc1. The molecule has 0 fully saturated rings. The van der Waals surface area contributed by atoms with Crippen molar-refractivity contribution in [1.82, 2.24) is 10.2 Å². The van der Waals surface area contributed by atoms with Crippen molar-refractivity contribution in [3.8, 4) is 0 Å². The molecule has 3 aromatic carbocycles. The van der Waals surface area contributed by atoms with Crippen molar-refractivity contribution in [2.75, 3.05) is 6.54 Å². The Morgan fingerprint density at radius 2 is 1.59 bits per heavy atom. The highest BCUT2D eigenvalue weighted by atomic mass is 35.5. The molecule has 0 spiro atoms. The first-order valence-corrected chi connectivity index (χ1v) is 11.2. The van der Waals surface area contributed by atoms with Crippen LogP contribution in [0.2, 0.25) is 5.02 Å². The van der Waals surface area contributed by atoms with Gasteiger partial charge in [0.15, 0.2) is 0 Å². The number of nitrogens with one attached hydrogen (secondary N) is 1. The Hall–Kier alpha value is -3.11. The molecular formula is C27H29ClN2O2. The minimum absolute atomic E-state index is 0.0963. The number of hydrogen-bond acceptors (Lipinski definition) is 2. The summed E-state index contributed by atoms with van der Waals surface area (Å²) < 4.78 is 0. The third-order valence-electron chi connectivity index (χ3n) is 5.34. The maximum Gasteiger partial charge on any atom is 0.243 e. The van der Waals surface area contributed by atoms with Crippen LogP contribution in [0.5, 0.6) is 0 Å². The Morgan fingerprint density at radius 1 is 0.906 bits per heavy atom. The third-order valence-corrected chi connectivity index (χ3v) is 5.58. The summed E-state index contributed by atoms with van der Waals surface area (Å²) in [5.41, 5.74) is 3.95. The Bertz CT molecular complexity index is 1040. The van der Waals surface area contributed by atoms with Gasteiger partial charge in [0.1, 0.15) is 6.04 Å². The number of rotatable bonds is 9. The van der Waals surface area contributed by atoms with E-state index in [-0.39, 0.29) is 18.2 Å². The summed E-state index contributed by atoms with van der Waals surface area (Å²) >= 11 is 6.19. The van der Waals surface area contributed by atoms with Gasteiger partial charge in [0.25, 0.3) is 0 Å². The number of hydrogen-bond donors (Lipinski definition) is 1. The van der Waals surface area contributed by atoms with Crippen LogP contribution in [-0.2, 0) is 29.0 Å². The first-order valence-electron chi connectivity index (χ1n) is 10.9. The highest BCUT2D eigenvalue weighted by molar-refractivity contribution is 6.30. The van der Waals surface area contributed by atoms with Crippen molar-refractivity contribution in [3.05, 3.63) is 106 Å². The average Bonchev–Trinajstić information content (AvgIpc) is 2.78. The topological polar surface area (TPSA) is 49.4 Å². The second-order valence-corrected chi connectivity index (χ2v) is 8.35. The fourth-order valence-corrected chi connectivity index (χ4v) is 3.87. The standard InChI is InChI=1S/C27H29ClN2O2/c1-3-29-27(32)25(17-21-8-5-4-6-9-21)30(19-23-10-7-11-24(28)16-23)26(31)18-22-14-12-20(2)13-15-22/h4-16,25H,3,17-19H2,1-2H3,(H,29,32)/t25-/m0/s1. The van der Waals surface area contributed by atoms with Crippen molar-refractivity contribution >= 4 is 23.4 Å². The van der Waals surface area contributed by atoms with Gasteiger partial charge < -0.3 is 10.2 Å². The van der Waals surface area contributed by atoms with Crippen LogP contribution < -0.4 is 5.32 Å². The molecule has 4 nitrogen and oxygen atoms in total. The van der Waals surface area contributed by atoms with E-state index in [1.165, 1.54) is 0 Å². The molecule has 32 heavy (non-hydrogen) atoms. The molecule has 0 aromatic heterocycles. The number of halogens is 1. The summed E-state index contributed by atoms with van der Waals surface area (Å²) in [4.78, 5) is 28.3. The normalized spacial score (nSPS) is 11.6. The molecule has 1 atom stereocenters. The summed E-state index contributed by atoms with van der Waals surface area (Å²) in [5.74, 6) is -0.253. The Kier molecular flexibility index (Phi) is 8.46. The van der Waals surface area contributed by atoms with Crippen molar-refractivity contribution in [2.24, 2.45) is 0 Å². The Labute approximate surface area is 195 Å². The summed E-state index contributed by atoms with van der Waals surface area (Å²) in [5, 5.41) is 3.51. The molecule has 0 saturated carbocycles. The first-order chi connectivity index (χ1) is 15.5. The van der Waals surface area contributed by atoms with Gasteiger partial charge in [-0.25, -0.2) is 0 Å². The molecule has 3 aromatic rings. The lowest BCUT2D eigenvalue weighted by molar-refractivity contribution is -0.140. The van der Waals surface area contributed by atoms with E-state index in [1.54, 1.807) is 11.0 Å². The largest absolute Gasteiger partial charge is 0.355 e. The average molecular weight is 449 g/mol. The summed E-state index contributed by atoms with van der Waals surface area (Å²) in [6.45, 7) is 4.70. The number of carbonyl (C=O) groups is 2. The summed E-state index contributed by atoms with van der Waals surface area (Å²) in [6, 6.07) is 24.5. The van der Waals surface area contributed by atoms with Gasteiger partial charge in [0.2, 0.25) is 11.8 Å². The number of likely N-dealkylation sites (N-methyl/N-ethyl adjacent to an activating group) is 1. The highest BCUT2D eigenvalue weighted by Crippen LogP contribution is 2.19. The van der Waals surface area contributed by atoms with Crippen molar-refractivity contribution in [1.29, 1.82) is 0 Å². The smallest absolute Gasteiger partial charge is 0.243 e. The lowest BCUT2D eigenvalue weighted by atomic mass is 10.0. The van der Waals surface area contributed by atoms with Gasteiger partial charge in [-0.05, 0) is 42.7 Å². The van der Waals surface area contributed by atoms with Gasteiger partial charge >= 0.3 is 0 Å². The zero-order valence-electron chi connectivity index (χ0n) is 18.6. The number of aryl methyl sites for hydroxylation is 1. The molecule has 0 heterocycles. The molecule has 0 aliphatic heterocycles. The Morgan fingerprint density at radius 3 is 2.25 bits per heavy atom. The molecule has 0 unspecified atom stereocenters. The van der Waals surface area contributed by atoms with E-state index in [9.17, 15) is 9.59 Å². The molecule has 0 aliphatic carbocycles. The minimum Gasteiger partial charge on any atom is -0.355 e. The van der Waals surface area contributed by atoms with Crippen LogP contribution >= 0.6 is 11.6 Å². The van der Waals surface area contributed by atoms with E-state index in [2.05, 4.69) is 5.32 Å². The molecule has 3 rings (SSSR count). The van der Waals surface area contributed by atoms with Crippen molar-refractivity contribution in [3.63, 3.8) is 0 Å². The summed E-state index contributed by atoms with van der Waals surface area (Å²) in [6.07, 6.45) is 0.665. The number of nitrogens with zero attached hydrogens (tertiary/aromatic N) is 1. The van der Waals surface area contributed by atoms with E-state index < -0.39 is 6.04 Å². The van der Waals surface area contributed by atoms with Crippen LogP contribution in [-0.4, -0.2) is 29.3 Å². The quantitative estimate of drug-likeness (QED) is 0.502. The van der Waals surface area contributed by atoms with Crippen molar-refractivity contribution in [2.45, 2.75) is 39.3 Å². The fraction of sp³-hybridized carbons (Fsp3) is 0.259. The van der Waals surface area contributed by atoms with Crippen LogP contribution in [0.3, 0.4) is 0 Å². The number of amides is 2. The number of carbonyl (C=O) groups excluding carboxylic acids is 2. The van der Waals surface area contributed by atoms with Crippen LogP contribution in [0, 0.1) is 6.92 Å². The molecule has 0 saturated heterocycles. The molecule has 0 aliphatic rings. The second-order valence-electron chi connectivity index (χ2n) is 7.91. The lowest BCUT2D eigenvalue weighted by Gasteiger charge is -2.31. The maximum absolute atomic E-state index is 13.5. The van der Waals surface area contributed by atoms with E-state index in [0.29, 0.717) is 24.5 Å². The molecule has 2 amide bonds. The predicted octanol–water partition coefficient (Wildman–Crippen LogP) is 4.97. The van der Waals surface area contributed by atoms with E-state index in [4.69, 9.17) is 11.6 Å². The van der Waals surface area contributed by atoms with Gasteiger partial charge in [-0.1, -0.05) is 83.9 Å².